The molecule has 0 aliphatic carbocycles. The number of anilines is 2. The predicted octanol–water partition coefficient (Wildman–Crippen LogP) is 6.67. The van der Waals surface area contributed by atoms with Gasteiger partial charge in [-0.2, -0.15) is 0 Å². The van der Waals surface area contributed by atoms with Gasteiger partial charge in [-0.15, -0.1) is 33.4 Å². The van der Waals surface area contributed by atoms with Crippen LogP contribution in [0.2, 0.25) is 10.0 Å². The first-order valence-electron chi connectivity index (χ1n) is 16.4. The lowest BCUT2D eigenvalue weighted by atomic mass is 10.2. The number of sulfonamides is 1. The number of benzene rings is 4. The number of carbonyl (C=O) groups excluding carboxylic acids is 2. The van der Waals surface area contributed by atoms with Crippen LogP contribution in [0.4, 0.5) is 20.2 Å². The molecule has 5 N–H and O–H groups in total. The highest BCUT2D eigenvalue weighted by atomic mass is 35.5. The van der Waals surface area contributed by atoms with E-state index in [1.807, 2.05) is 60.7 Å². The van der Waals surface area contributed by atoms with E-state index in [9.17, 15) is 26.8 Å². The smallest absolute Gasteiger partial charge is 0.295 e. The number of hydrogen-bond acceptors (Lipinski definition) is 9. The highest BCUT2D eigenvalue weighted by molar-refractivity contribution is 7.88. The molecule has 0 spiro atoms. The van der Waals surface area contributed by atoms with Crippen LogP contribution in [0.25, 0.3) is 0 Å². The summed E-state index contributed by atoms with van der Waals surface area (Å²) in [5.41, 5.74) is 8.25. The SMILES string of the molecule is CS(=O)(=O)NCc1cc(Cl)c(F)c(NC(=O)c2ncn(Cc3ccccc3)n2)c1.ClCCl.NCc1cc(Cl)c(F)c(NC(=O)c2ncn(Cc3ccccc3)n2)c1. The summed E-state index contributed by atoms with van der Waals surface area (Å²) < 4.78 is 56.1. The van der Waals surface area contributed by atoms with Gasteiger partial charge < -0.3 is 16.4 Å². The highest BCUT2D eigenvalue weighted by Crippen LogP contribution is 2.26. The normalized spacial score (nSPS) is 10.8. The predicted molar refractivity (Wildman–Crippen MR) is 216 cm³/mol. The van der Waals surface area contributed by atoms with Crippen LogP contribution in [0.3, 0.4) is 0 Å². The Bertz CT molecular complexity index is 2390. The van der Waals surface area contributed by atoms with Gasteiger partial charge in [0.2, 0.25) is 21.7 Å². The Labute approximate surface area is 346 Å². The summed E-state index contributed by atoms with van der Waals surface area (Å²) in [7, 11) is -3.44. The van der Waals surface area contributed by atoms with Gasteiger partial charge in [0.15, 0.2) is 11.6 Å². The van der Waals surface area contributed by atoms with Crippen molar-refractivity contribution >= 4 is 79.6 Å². The van der Waals surface area contributed by atoms with Gasteiger partial charge in [0, 0.05) is 13.1 Å². The lowest BCUT2D eigenvalue weighted by Gasteiger charge is -2.10. The van der Waals surface area contributed by atoms with Gasteiger partial charge in [0.25, 0.3) is 11.8 Å². The van der Waals surface area contributed by atoms with Crippen molar-refractivity contribution in [2.75, 3.05) is 22.2 Å². The Morgan fingerprint density at radius 2 is 1.11 bits per heavy atom. The molecular weight excluding hydrogens is 848 g/mol. The average molecular weight is 883 g/mol. The molecule has 6 aromatic rings. The molecule has 0 bridgehead atoms. The topological polar surface area (TPSA) is 192 Å². The van der Waals surface area contributed by atoms with Gasteiger partial charge in [-0.25, -0.2) is 41.3 Å². The Hall–Kier alpha value is -5.01. The highest BCUT2D eigenvalue weighted by Gasteiger charge is 2.18. The Kier molecular flexibility index (Phi) is 16.9. The van der Waals surface area contributed by atoms with E-state index in [0.717, 1.165) is 17.4 Å². The molecule has 300 valence electrons. The Morgan fingerprint density at radius 3 is 1.51 bits per heavy atom. The summed E-state index contributed by atoms with van der Waals surface area (Å²) in [4.78, 5) is 32.6. The third-order valence-corrected chi connectivity index (χ3v) is 8.52. The quantitative estimate of drug-likeness (QED) is 0.0973. The van der Waals surface area contributed by atoms with E-state index in [1.54, 1.807) is 0 Å². The molecule has 0 atom stereocenters. The number of nitrogens with zero attached hydrogens (tertiary/aromatic N) is 6. The molecule has 57 heavy (non-hydrogen) atoms. The lowest BCUT2D eigenvalue weighted by molar-refractivity contribution is 0.100. The first-order valence-corrected chi connectivity index (χ1v) is 20.1. The molecular formula is C36H34Cl4F2N10O4S. The van der Waals surface area contributed by atoms with Crippen LogP contribution in [-0.2, 0) is 36.2 Å². The molecule has 0 aliphatic heterocycles. The van der Waals surface area contributed by atoms with E-state index < -0.39 is 33.5 Å². The van der Waals surface area contributed by atoms with Crippen molar-refractivity contribution in [1.82, 2.24) is 34.3 Å². The maximum atomic E-state index is 14.3. The van der Waals surface area contributed by atoms with Gasteiger partial charge in [0.1, 0.15) is 12.7 Å². The van der Waals surface area contributed by atoms with E-state index in [0.29, 0.717) is 24.2 Å². The van der Waals surface area contributed by atoms with Crippen molar-refractivity contribution < 1.29 is 26.8 Å². The number of amides is 2. The number of halogens is 6. The Balaban J connectivity index is 0.000000239. The van der Waals surface area contributed by atoms with Gasteiger partial charge in [-0.3, -0.25) is 9.59 Å². The van der Waals surface area contributed by atoms with E-state index in [-0.39, 0.29) is 51.5 Å². The van der Waals surface area contributed by atoms with E-state index in [2.05, 4.69) is 35.5 Å². The molecule has 6 rings (SSSR count). The molecule has 0 unspecified atom stereocenters. The fraction of sp³-hybridized carbons (Fsp3) is 0.167. The number of alkyl halides is 2. The number of nitrogens with two attached hydrogens (primary N) is 1. The summed E-state index contributed by atoms with van der Waals surface area (Å²) in [5, 5.41) is 12.8. The van der Waals surface area contributed by atoms with Gasteiger partial charge in [-0.05, 0) is 46.5 Å². The summed E-state index contributed by atoms with van der Waals surface area (Å²) >= 11 is 21.2. The maximum Gasteiger partial charge on any atom is 0.295 e. The second kappa shape index (κ2) is 21.5. The first-order chi connectivity index (χ1) is 27.2. The van der Waals surface area contributed by atoms with Crippen LogP contribution >= 0.6 is 46.4 Å². The monoisotopic (exact) mass is 880 g/mol. The lowest BCUT2D eigenvalue weighted by Crippen LogP contribution is -2.21. The van der Waals surface area contributed by atoms with E-state index in [1.165, 1.54) is 46.3 Å². The molecule has 0 aliphatic rings. The number of rotatable bonds is 12. The zero-order valence-corrected chi connectivity index (χ0v) is 33.7. The summed E-state index contributed by atoms with van der Waals surface area (Å²) in [6.07, 6.45) is 3.84. The van der Waals surface area contributed by atoms with Crippen LogP contribution in [0.5, 0.6) is 0 Å². The molecule has 0 radical (unpaired) electrons. The minimum Gasteiger partial charge on any atom is -0.326 e. The van der Waals surface area contributed by atoms with Crippen LogP contribution < -0.4 is 21.1 Å². The van der Waals surface area contributed by atoms with E-state index >= 15 is 0 Å². The van der Waals surface area contributed by atoms with Crippen molar-refractivity contribution in [3.63, 3.8) is 0 Å². The third-order valence-electron chi connectivity index (χ3n) is 7.30. The number of hydrogen-bond donors (Lipinski definition) is 4. The van der Waals surface area contributed by atoms with Crippen molar-refractivity contribution in [2.45, 2.75) is 26.2 Å². The molecule has 0 fully saturated rings. The zero-order chi connectivity index (χ0) is 41.5. The Morgan fingerprint density at radius 1 is 0.702 bits per heavy atom. The van der Waals surface area contributed by atoms with Crippen molar-refractivity contribution in [3.8, 4) is 0 Å². The van der Waals surface area contributed by atoms with Gasteiger partial charge >= 0.3 is 0 Å². The fourth-order valence-electron chi connectivity index (χ4n) is 4.75. The molecule has 4 aromatic carbocycles. The van der Waals surface area contributed by atoms with Gasteiger partial charge in [-0.1, -0.05) is 83.9 Å². The number of carbonyl (C=O) groups is 2. The minimum absolute atomic E-state index is 0.0580. The maximum absolute atomic E-state index is 14.3. The fourth-order valence-corrected chi connectivity index (χ4v) is 5.67. The van der Waals surface area contributed by atoms with Crippen LogP contribution in [-0.4, -0.2) is 61.4 Å². The summed E-state index contributed by atoms with van der Waals surface area (Å²) in [6.45, 7) is 0.969. The molecule has 2 aromatic heterocycles. The molecule has 14 nitrogen and oxygen atoms in total. The molecule has 2 heterocycles. The van der Waals surface area contributed by atoms with Crippen molar-refractivity contribution in [1.29, 1.82) is 0 Å². The van der Waals surface area contributed by atoms with E-state index in [4.69, 9.17) is 52.1 Å². The molecule has 2 amide bonds. The standard InChI is InChI=1S/C18H17ClFN5O3S.C17H15ClFN5O.CH2Cl2/c1-29(27,28)22-9-13-7-14(19)16(20)15(8-13)23-18(26)17-21-11-25(24-17)10-12-5-3-2-4-6-12;18-13-6-12(8-20)7-14(15(13)19)22-17(25)16-21-10-24(23-16)9-11-4-2-1-3-5-11;2-1-3/h2-8,11,22H,9-10H2,1H3,(H,23,26);1-7,10H,8-9,20H2,(H,22,25);1H2. The van der Waals surface area contributed by atoms with Crippen LogP contribution in [0, 0.1) is 11.6 Å². The molecule has 0 saturated heterocycles. The zero-order valence-electron chi connectivity index (χ0n) is 29.8. The average Bonchev–Trinajstić information content (AvgIpc) is 3.86. The van der Waals surface area contributed by atoms with Crippen molar-refractivity contribution in [2.24, 2.45) is 5.73 Å². The second-order valence-electron chi connectivity index (χ2n) is 11.7. The van der Waals surface area contributed by atoms with Crippen LogP contribution in [0.15, 0.2) is 97.6 Å². The summed E-state index contributed by atoms with van der Waals surface area (Å²) in [6, 6.07) is 24.5. The van der Waals surface area contributed by atoms with Gasteiger partial charge in [0.05, 0.1) is 46.1 Å². The largest absolute Gasteiger partial charge is 0.326 e. The third kappa shape index (κ3) is 14.2. The number of aromatic nitrogens is 6. The molecule has 0 saturated carbocycles. The number of nitrogens with one attached hydrogen (secondary N) is 3. The molecule has 21 heteroatoms. The summed E-state index contributed by atoms with van der Waals surface area (Å²) in [5.74, 6) is -3.13. The van der Waals surface area contributed by atoms with Crippen molar-refractivity contribution in [3.05, 3.63) is 153 Å². The van der Waals surface area contributed by atoms with Crippen LogP contribution in [0.1, 0.15) is 43.5 Å². The second-order valence-corrected chi connectivity index (χ2v) is 15.1. The minimum atomic E-state index is -3.44. The first kappa shape index (κ1) is 44.7.